The molecule has 4 nitrogen and oxygen atoms in total. The Morgan fingerprint density at radius 3 is 2.35 bits per heavy atom. The van der Waals surface area contributed by atoms with E-state index in [1.807, 2.05) is 44.2 Å². The molecule has 0 saturated heterocycles. The van der Waals surface area contributed by atoms with Crippen molar-refractivity contribution in [3.63, 3.8) is 0 Å². The van der Waals surface area contributed by atoms with E-state index >= 15 is 0 Å². The minimum Gasteiger partial charge on any atom is -0.352 e. The summed E-state index contributed by atoms with van der Waals surface area (Å²) in [5, 5.41) is 3.99. The molecule has 2 atom stereocenters. The molecule has 2 unspecified atom stereocenters. The largest absolute Gasteiger partial charge is 0.352 e. The van der Waals surface area contributed by atoms with Crippen molar-refractivity contribution in [2.24, 2.45) is 0 Å². The summed E-state index contributed by atoms with van der Waals surface area (Å²) < 4.78 is 13.2. The Hall–Kier alpha value is -2.54. The Labute approximate surface area is 232 Å². The van der Waals surface area contributed by atoms with Gasteiger partial charge in [0.05, 0.1) is 5.75 Å². The Morgan fingerprint density at radius 1 is 1.00 bits per heavy atom. The van der Waals surface area contributed by atoms with E-state index in [2.05, 4.69) is 5.32 Å². The predicted octanol–water partition coefficient (Wildman–Crippen LogP) is 6.92. The van der Waals surface area contributed by atoms with Crippen LogP contribution in [0, 0.1) is 5.82 Å². The molecule has 3 aromatic rings. The molecule has 3 aromatic carbocycles. The minimum absolute atomic E-state index is 0.0327. The van der Waals surface area contributed by atoms with Gasteiger partial charge in [-0.05, 0) is 54.3 Å². The van der Waals surface area contributed by atoms with E-state index in [4.69, 9.17) is 23.2 Å². The van der Waals surface area contributed by atoms with E-state index in [1.165, 1.54) is 23.9 Å². The van der Waals surface area contributed by atoms with Crippen LogP contribution in [0.5, 0.6) is 0 Å². The van der Waals surface area contributed by atoms with Crippen LogP contribution in [0.25, 0.3) is 0 Å². The highest BCUT2D eigenvalue weighted by Crippen LogP contribution is 2.25. The molecule has 8 heteroatoms. The molecule has 0 radical (unpaired) electrons. The van der Waals surface area contributed by atoms with Crippen molar-refractivity contribution in [1.29, 1.82) is 0 Å². The molecule has 0 aliphatic carbocycles. The van der Waals surface area contributed by atoms with Gasteiger partial charge in [0.25, 0.3) is 0 Å². The van der Waals surface area contributed by atoms with Gasteiger partial charge in [0, 0.05) is 34.8 Å². The number of amides is 2. The number of benzene rings is 3. The molecule has 0 spiro atoms. The highest BCUT2D eigenvalue weighted by Gasteiger charge is 2.31. The van der Waals surface area contributed by atoms with Crippen molar-refractivity contribution in [3.8, 4) is 0 Å². The Bertz CT molecular complexity index is 1180. The number of nitrogens with one attached hydrogen (secondary N) is 1. The fourth-order valence-corrected chi connectivity index (χ4v) is 5.09. The molecule has 3 rings (SSSR count). The number of thioether (sulfide) groups is 1. The molecule has 196 valence electrons. The van der Waals surface area contributed by atoms with E-state index in [-0.39, 0.29) is 36.0 Å². The number of rotatable bonds is 12. The zero-order chi connectivity index (χ0) is 26.8. The van der Waals surface area contributed by atoms with Crippen molar-refractivity contribution in [1.82, 2.24) is 10.2 Å². The number of nitrogens with zero attached hydrogens (tertiary/aromatic N) is 1. The lowest BCUT2D eigenvalue weighted by Gasteiger charge is -2.32. The first-order valence-electron chi connectivity index (χ1n) is 12.2. The van der Waals surface area contributed by atoms with Crippen LogP contribution < -0.4 is 5.32 Å². The van der Waals surface area contributed by atoms with Crippen LogP contribution in [-0.2, 0) is 28.3 Å². The lowest BCUT2D eigenvalue weighted by atomic mass is 10.0. The molecule has 1 N–H and O–H groups in total. The first-order chi connectivity index (χ1) is 17.8. The molecule has 0 saturated carbocycles. The number of carbonyl (C=O) groups excluding carboxylic acids is 2. The van der Waals surface area contributed by atoms with Crippen LogP contribution in [0.15, 0.2) is 72.8 Å². The molecule has 0 aromatic heterocycles. The van der Waals surface area contributed by atoms with Gasteiger partial charge in [0.2, 0.25) is 11.8 Å². The van der Waals surface area contributed by atoms with Crippen molar-refractivity contribution in [2.75, 3.05) is 5.75 Å². The third kappa shape index (κ3) is 9.06. The van der Waals surface area contributed by atoms with Crippen molar-refractivity contribution in [2.45, 2.75) is 51.1 Å². The Morgan fingerprint density at radius 2 is 1.70 bits per heavy atom. The van der Waals surface area contributed by atoms with Gasteiger partial charge >= 0.3 is 0 Å². The second kappa shape index (κ2) is 14.4. The quantitative estimate of drug-likeness (QED) is 0.261. The van der Waals surface area contributed by atoms with Crippen molar-refractivity contribution in [3.05, 3.63) is 105 Å². The molecule has 0 heterocycles. The molecule has 37 heavy (non-hydrogen) atoms. The second-order valence-electron chi connectivity index (χ2n) is 8.90. The summed E-state index contributed by atoms with van der Waals surface area (Å²) in [6, 6.07) is 20.2. The van der Waals surface area contributed by atoms with Crippen LogP contribution in [0.1, 0.15) is 37.0 Å². The summed E-state index contributed by atoms with van der Waals surface area (Å²) in [5.41, 5.74) is 2.57. The van der Waals surface area contributed by atoms with Crippen LogP contribution >= 0.6 is 35.0 Å². The molecule has 0 aliphatic rings. The normalized spacial score (nSPS) is 12.6. The van der Waals surface area contributed by atoms with Gasteiger partial charge in [-0.15, -0.1) is 11.8 Å². The standard InChI is InChI=1S/C29H31Cl2FN2O2S/c1-3-20(2)33-29(36)27(15-21-7-5-4-6-8-21)34(17-23-11-12-24(30)16-26(23)31)28(35)19-37-18-22-9-13-25(32)14-10-22/h4-14,16,20,27H,3,15,17-19H2,1-2H3,(H,33,36). The van der Waals surface area contributed by atoms with Gasteiger partial charge in [-0.2, -0.15) is 0 Å². The first-order valence-corrected chi connectivity index (χ1v) is 14.1. The van der Waals surface area contributed by atoms with Gasteiger partial charge in [-0.3, -0.25) is 9.59 Å². The summed E-state index contributed by atoms with van der Waals surface area (Å²) in [6.07, 6.45) is 1.14. The molecule has 0 bridgehead atoms. The summed E-state index contributed by atoms with van der Waals surface area (Å²) in [4.78, 5) is 28.8. The first kappa shape index (κ1) is 29.0. The van der Waals surface area contributed by atoms with E-state index in [1.54, 1.807) is 35.2 Å². The molecule has 0 aliphatic heterocycles. The summed E-state index contributed by atoms with van der Waals surface area (Å²) in [7, 11) is 0. The van der Waals surface area contributed by atoms with Crippen molar-refractivity contribution >= 4 is 46.8 Å². The predicted molar refractivity (Wildman–Crippen MR) is 151 cm³/mol. The minimum atomic E-state index is -0.734. The van der Waals surface area contributed by atoms with Crippen LogP contribution in [-0.4, -0.2) is 34.6 Å². The molecule has 2 amide bonds. The van der Waals surface area contributed by atoms with E-state index in [0.29, 0.717) is 27.8 Å². The van der Waals surface area contributed by atoms with Gasteiger partial charge in [0.15, 0.2) is 0 Å². The SMILES string of the molecule is CCC(C)NC(=O)C(Cc1ccccc1)N(Cc1ccc(Cl)cc1Cl)C(=O)CSCc1ccc(F)cc1. The molecular formula is C29H31Cl2FN2O2S. The number of hydrogen-bond donors (Lipinski definition) is 1. The maximum absolute atomic E-state index is 13.7. The fourth-order valence-electron chi connectivity index (χ4n) is 3.75. The van der Waals surface area contributed by atoms with E-state index < -0.39 is 6.04 Å². The van der Waals surface area contributed by atoms with Crippen LogP contribution in [0.4, 0.5) is 4.39 Å². The highest BCUT2D eigenvalue weighted by molar-refractivity contribution is 7.99. The van der Waals surface area contributed by atoms with E-state index in [9.17, 15) is 14.0 Å². The Kier molecular flexibility index (Phi) is 11.3. The Balaban J connectivity index is 1.88. The number of carbonyl (C=O) groups is 2. The lowest BCUT2D eigenvalue weighted by molar-refractivity contribution is -0.139. The van der Waals surface area contributed by atoms with Crippen LogP contribution in [0.2, 0.25) is 10.0 Å². The third-order valence-electron chi connectivity index (χ3n) is 6.04. The summed E-state index contributed by atoms with van der Waals surface area (Å²) in [5.74, 6) is 0.0134. The summed E-state index contributed by atoms with van der Waals surface area (Å²) >= 11 is 14.0. The zero-order valence-corrected chi connectivity index (χ0v) is 23.3. The number of halogens is 3. The zero-order valence-electron chi connectivity index (χ0n) is 20.9. The van der Waals surface area contributed by atoms with Gasteiger partial charge in [-0.1, -0.05) is 78.7 Å². The average Bonchev–Trinajstić information content (AvgIpc) is 2.88. The van der Waals surface area contributed by atoms with Gasteiger partial charge in [-0.25, -0.2) is 4.39 Å². The van der Waals surface area contributed by atoms with E-state index in [0.717, 1.165) is 17.5 Å². The summed E-state index contributed by atoms with van der Waals surface area (Å²) in [6.45, 7) is 4.11. The maximum atomic E-state index is 13.7. The highest BCUT2D eigenvalue weighted by atomic mass is 35.5. The maximum Gasteiger partial charge on any atom is 0.243 e. The topological polar surface area (TPSA) is 49.4 Å². The van der Waals surface area contributed by atoms with Crippen LogP contribution in [0.3, 0.4) is 0 Å². The van der Waals surface area contributed by atoms with Gasteiger partial charge < -0.3 is 10.2 Å². The second-order valence-corrected chi connectivity index (χ2v) is 10.7. The molecule has 0 fully saturated rings. The monoisotopic (exact) mass is 560 g/mol. The average molecular weight is 562 g/mol. The van der Waals surface area contributed by atoms with Gasteiger partial charge in [0.1, 0.15) is 11.9 Å². The third-order valence-corrected chi connectivity index (χ3v) is 7.61. The lowest BCUT2D eigenvalue weighted by Crippen LogP contribution is -2.52. The van der Waals surface area contributed by atoms with Crippen molar-refractivity contribution < 1.29 is 14.0 Å². The molecular weight excluding hydrogens is 530 g/mol. The smallest absolute Gasteiger partial charge is 0.243 e. The number of hydrogen-bond acceptors (Lipinski definition) is 3. The fraction of sp³-hybridized carbons (Fsp3) is 0.310.